The molecule has 0 N–H and O–H groups in total. The number of rotatable bonds is 6. The van der Waals surface area contributed by atoms with Gasteiger partial charge < -0.3 is 9.47 Å². The lowest BCUT2D eigenvalue weighted by Crippen LogP contribution is -2.28. The van der Waals surface area contributed by atoms with Crippen molar-refractivity contribution >= 4 is 11.9 Å². The molecule has 0 rings (SSSR count). The van der Waals surface area contributed by atoms with Crippen molar-refractivity contribution in [3.63, 3.8) is 0 Å². The highest BCUT2D eigenvalue weighted by Crippen LogP contribution is 2.13. The number of ether oxygens (including phenoxy) is 2. The van der Waals surface area contributed by atoms with E-state index >= 15 is 0 Å². The third-order valence-corrected chi connectivity index (χ3v) is 2.06. The molecule has 0 aliphatic carbocycles. The topological polar surface area (TPSA) is 52.6 Å². The zero-order chi connectivity index (χ0) is 14.9. The van der Waals surface area contributed by atoms with Gasteiger partial charge >= 0.3 is 11.9 Å². The van der Waals surface area contributed by atoms with Crippen LogP contribution in [0, 0.1) is 0 Å². The summed E-state index contributed by atoms with van der Waals surface area (Å²) in [7, 11) is 0. The van der Waals surface area contributed by atoms with Gasteiger partial charge in [-0.25, -0.2) is 0 Å². The molecule has 0 saturated heterocycles. The number of esters is 2. The number of carbonyl (C=O) groups excluding carboxylic acids is 2. The molecule has 1 atom stereocenters. The summed E-state index contributed by atoms with van der Waals surface area (Å²) in [6.07, 6.45) is 4.58. The predicted molar refractivity (Wildman–Crippen MR) is 73.6 cm³/mol. The quantitative estimate of drug-likeness (QED) is 0.548. The second kappa shape index (κ2) is 8.54. The normalized spacial score (nSPS) is 12.1. The summed E-state index contributed by atoms with van der Waals surface area (Å²) < 4.78 is 10.3. The largest absolute Gasteiger partial charge is 0.462 e. The Bertz CT molecular complexity index is 357. The zero-order valence-corrected chi connectivity index (χ0v) is 12.5. The molecule has 4 nitrogen and oxygen atoms in total. The third kappa shape index (κ3) is 11.3. The fourth-order valence-electron chi connectivity index (χ4n) is 1.48. The van der Waals surface area contributed by atoms with Gasteiger partial charge in [0, 0.05) is 6.92 Å². The predicted octanol–water partition coefficient (Wildman–Crippen LogP) is 3.16. The molecular formula is C15H24O4. The maximum absolute atomic E-state index is 11.7. The number of hydrogen-bond acceptors (Lipinski definition) is 4. The van der Waals surface area contributed by atoms with Crippen molar-refractivity contribution in [1.82, 2.24) is 0 Å². The average Bonchev–Trinajstić information content (AvgIpc) is 2.20. The van der Waals surface area contributed by atoms with Gasteiger partial charge in [0.05, 0.1) is 6.42 Å². The minimum absolute atomic E-state index is 0.0839. The van der Waals surface area contributed by atoms with E-state index in [4.69, 9.17) is 9.47 Å². The molecule has 0 bridgehead atoms. The van der Waals surface area contributed by atoms with Gasteiger partial charge in [0.1, 0.15) is 11.7 Å². The van der Waals surface area contributed by atoms with Gasteiger partial charge in [-0.15, -0.1) is 5.73 Å². The van der Waals surface area contributed by atoms with Crippen LogP contribution >= 0.6 is 0 Å². The molecule has 0 spiro atoms. The highest BCUT2D eigenvalue weighted by Gasteiger charge is 2.21. The first-order chi connectivity index (χ1) is 8.74. The van der Waals surface area contributed by atoms with Crippen molar-refractivity contribution in [1.29, 1.82) is 0 Å². The Labute approximate surface area is 115 Å². The van der Waals surface area contributed by atoms with E-state index in [1.165, 1.54) is 6.92 Å². The summed E-state index contributed by atoms with van der Waals surface area (Å²) in [4.78, 5) is 22.7. The van der Waals surface area contributed by atoms with E-state index in [9.17, 15) is 9.59 Å². The van der Waals surface area contributed by atoms with Crippen LogP contribution in [-0.4, -0.2) is 23.6 Å². The van der Waals surface area contributed by atoms with Crippen molar-refractivity contribution in [2.24, 2.45) is 0 Å². The molecule has 0 amide bonds. The highest BCUT2D eigenvalue weighted by atomic mass is 16.6. The summed E-state index contributed by atoms with van der Waals surface area (Å²) in [5.74, 6) is -0.739. The molecule has 0 aliphatic heterocycles. The molecule has 0 aromatic rings. The average molecular weight is 268 g/mol. The highest BCUT2D eigenvalue weighted by molar-refractivity contribution is 5.71. The maximum Gasteiger partial charge on any atom is 0.310 e. The molecule has 19 heavy (non-hydrogen) atoms. The van der Waals surface area contributed by atoms with Crippen LogP contribution in [0.4, 0.5) is 0 Å². The fraction of sp³-hybridized carbons (Fsp3) is 0.667. The van der Waals surface area contributed by atoms with Gasteiger partial charge in [-0.1, -0.05) is 0 Å². The van der Waals surface area contributed by atoms with Crippen molar-refractivity contribution in [3.8, 4) is 0 Å². The summed E-state index contributed by atoms with van der Waals surface area (Å²) in [5.41, 5.74) is 2.42. The van der Waals surface area contributed by atoms with Crippen LogP contribution in [-0.2, 0) is 19.1 Å². The summed E-state index contributed by atoms with van der Waals surface area (Å²) in [5, 5.41) is 0. The van der Waals surface area contributed by atoms with Gasteiger partial charge in [-0.05, 0) is 52.7 Å². The summed E-state index contributed by atoms with van der Waals surface area (Å²) >= 11 is 0. The molecule has 0 fully saturated rings. The Kier molecular flexibility index (Phi) is 7.85. The Morgan fingerprint density at radius 1 is 1.32 bits per heavy atom. The van der Waals surface area contributed by atoms with Crippen molar-refractivity contribution in [2.45, 2.75) is 65.6 Å². The minimum Gasteiger partial charge on any atom is -0.462 e. The van der Waals surface area contributed by atoms with E-state index in [-0.39, 0.29) is 18.4 Å². The minimum atomic E-state index is -0.525. The number of allylic oxidation sites excluding steroid dienone is 1. The summed E-state index contributed by atoms with van der Waals surface area (Å²) in [6.45, 7) is 8.63. The number of carbonyl (C=O) groups is 2. The van der Waals surface area contributed by atoms with Crippen molar-refractivity contribution in [2.75, 3.05) is 0 Å². The van der Waals surface area contributed by atoms with Gasteiger partial charge in [-0.3, -0.25) is 9.59 Å². The van der Waals surface area contributed by atoms with E-state index in [2.05, 4.69) is 5.73 Å². The first-order valence-electron chi connectivity index (χ1n) is 6.49. The van der Waals surface area contributed by atoms with Crippen LogP contribution < -0.4 is 0 Å². The summed E-state index contributed by atoms with van der Waals surface area (Å²) in [6, 6.07) is 0. The second-order valence-corrected chi connectivity index (χ2v) is 5.26. The number of hydrogen-bond donors (Lipinski definition) is 0. The van der Waals surface area contributed by atoms with Gasteiger partial charge in [0.15, 0.2) is 0 Å². The van der Waals surface area contributed by atoms with Crippen LogP contribution in [0.15, 0.2) is 17.9 Å². The standard InChI is InChI=1S/C15H24O4/c1-6-7-8-9-10-13(18-12(2)16)11-14(17)19-15(3,4)5/h6,8,13H,9-11H2,1-5H3. The lowest BCUT2D eigenvalue weighted by molar-refractivity contribution is -0.161. The van der Waals surface area contributed by atoms with E-state index in [0.29, 0.717) is 12.8 Å². The second-order valence-electron chi connectivity index (χ2n) is 5.26. The maximum atomic E-state index is 11.7. The van der Waals surface area contributed by atoms with Crippen molar-refractivity contribution in [3.05, 3.63) is 17.9 Å². The molecule has 4 heteroatoms. The molecule has 0 aromatic heterocycles. The molecule has 0 radical (unpaired) electrons. The van der Waals surface area contributed by atoms with Gasteiger partial charge in [0.2, 0.25) is 0 Å². The van der Waals surface area contributed by atoms with Crippen LogP contribution in [0.5, 0.6) is 0 Å². The van der Waals surface area contributed by atoms with Gasteiger partial charge in [-0.2, -0.15) is 0 Å². The molecule has 1 unspecified atom stereocenters. The van der Waals surface area contributed by atoms with E-state index in [1.54, 1.807) is 26.8 Å². The SMILES string of the molecule is CC=C=CCCC(CC(=O)OC(C)(C)C)OC(C)=O. The molecule has 0 saturated carbocycles. The third-order valence-electron chi connectivity index (χ3n) is 2.06. The molecular weight excluding hydrogens is 244 g/mol. The Morgan fingerprint density at radius 3 is 2.42 bits per heavy atom. The zero-order valence-electron chi connectivity index (χ0n) is 12.5. The first-order valence-corrected chi connectivity index (χ1v) is 6.49. The van der Waals surface area contributed by atoms with E-state index in [0.717, 1.165) is 0 Å². The van der Waals surface area contributed by atoms with Crippen molar-refractivity contribution < 1.29 is 19.1 Å². The Morgan fingerprint density at radius 2 is 1.95 bits per heavy atom. The van der Waals surface area contributed by atoms with Crippen LogP contribution in [0.3, 0.4) is 0 Å². The molecule has 0 aliphatic rings. The lowest BCUT2D eigenvalue weighted by Gasteiger charge is -2.22. The Hall–Kier alpha value is -1.54. The molecule has 108 valence electrons. The molecule has 0 aromatic carbocycles. The lowest BCUT2D eigenvalue weighted by atomic mass is 10.1. The van der Waals surface area contributed by atoms with Gasteiger partial charge in [0.25, 0.3) is 0 Å². The van der Waals surface area contributed by atoms with Crippen LogP contribution in [0.25, 0.3) is 0 Å². The molecule has 0 heterocycles. The first kappa shape index (κ1) is 17.5. The fourth-order valence-corrected chi connectivity index (χ4v) is 1.48. The van der Waals surface area contributed by atoms with Crippen LogP contribution in [0.1, 0.15) is 53.9 Å². The van der Waals surface area contributed by atoms with E-state index < -0.39 is 11.7 Å². The Balaban J connectivity index is 4.37. The monoisotopic (exact) mass is 268 g/mol. The van der Waals surface area contributed by atoms with E-state index in [1.807, 2.05) is 13.0 Å². The van der Waals surface area contributed by atoms with Crippen LogP contribution in [0.2, 0.25) is 0 Å². The smallest absolute Gasteiger partial charge is 0.310 e.